The number of nitrogens with two attached hydrogens (primary N) is 1. The van der Waals surface area contributed by atoms with Gasteiger partial charge in [-0.05, 0) is 30.7 Å². The van der Waals surface area contributed by atoms with Gasteiger partial charge in [0.05, 0.1) is 5.92 Å². The Balaban J connectivity index is 2.05. The van der Waals surface area contributed by atoms with Crippen LogP contribution in [0.5, 0.6) is 0 Å². The van der Waals surface area contributed by atoms with Gasteiger partial charge in [-0.2, -0.15) is 13.2 Å². The molecule has 0 aliphatic heterocycles. The smallest absolute Gasteiger partial charge is 0.327 e. The monoisotopic (exact) mass is 271 g/mol. The zero-order chi connectivity index (χ0) is 13.9. The van der Waals surface area contributed by atoms with E-state index < -0.39 is 24.1 Å². The van der Waals surface area contributed by atoms with Crippen molar-refractivity contribution in [2.75, 3.05) is 0 Å². The minimum absolute atomic E-state index is 0.233. The molecule has 0 heterocycles. The number of benzene rings is 1. The molecule has 2 rings (SSSR count). The van der Waals surface area contributed by atoms with E-state index in [1.54, 1.807) is 0 Å². The van der Waals surface area contributed by atoms with E-state index in [4.69, 9.17) is 5.73 Å². The van der Waals surface area contributed by atoms with Crippen LogP contribution in [-0.2, 0) is 6.42 Å². The van der Waals surface area contributed by atoms with Gasteiger partial charge in [0.2, 0.25) is 0 Å². The van der Waals surface area contributed by atoms with Gasteiger partial charge < -0.3 is 5.73 Å². The van der Waals surface area contributed by atoms with Crippen molar-refractivity contribution < 1.29 is 13.2 Å². The van der Waals surface area contributed by atoms with Crippen LogP contribution in [0, 0.1) is 11.8 Å². The number of alkyl halides is 3. The molecule has 0 radical (unpaired) electrons. The maximum atomic E-state index is 13.0. The second-order valence-electron chi connectivity index (χ2n) is 5.45. The molecule has 2 N–H and O–H groups in total. The predicted octanol–water partition coefficient (Wildman–Crippen LogP) is 3.93. The van der Waals surface area contributed by atoms with E-state index in [1.807, 2.05) is 30.3 Å². The Morgan fingerprint density at radius 1 is 1.11 bits per heavy atom. The third-order valence-electron chi connectivity index (χ3n) is 4.10. The SMILES string of the molecule is NC(Cc1ccccc1)C1CCCCC1C(F)(F)F. The second kappa shape index (κ2) is 5.95. The first-order chi connectivity index (χ1) is 8.98. The lowest BCUT2D eigenvalue weighted by atomic mass is 9.73. The van der Waals surface area contributed by atoms with Crippen LogP contribution in [0.2, 0.25) is 0 Å². The number of hydrogen-bond donors (Lipinski definition) is 1. The van der Waals surface area contributed by atoms with Crippen LogP contribution in [0.25, 0.3) is 0 Å². The van der Waals surface area contributed by atoms with Gasteiger partial charge in [0, 0.05) is 6.04 Å². The normalized spacial score (nSPS) is 26.1. The Hall–Kier alpha value is -1.03. The molecule has 1 aliphatic carbocycles. The molecule has 1 aromatic rings. The van der Waals surface area contributed by atoms with Crippen molar-refractivity contribution in [3.63, 3.8) is 0 Å². The van der Waals surface area contributed by atoms with Crippen molar-refractivity contribution in [2.45, 2.75) is 44.3 Å². The molecule has 106 valence electrons. The van der Waals surface area contributed by atoms with E-state index in [0.29, 0.717) is 19.3 Å². The van der Waals surface area contributed by atoms with Gasteiger partial charge in [0.25, 0.3) is 0 Å². The molecule has 1 aliphatic rings. The molecule has 19 heavy (non-hydrogen) atoms. The Labute approximate surface area is 112 Å². The van der Waals surface area contributed by atoms with E-state index in [9.17, 15) is 13.2 Å². The number of hydrogen-bond acceptors (Lipinski definition) is 1. The lowest BCUT2D eigenvalue weighted by Crippen LogP contribution is -2.44. The minimum Gasteiger partial charge on any atom is -0.327 e. The summed E-state index contributed by atoms with van der Waals surface area (Å²) in [5.41, 5.74) is 7.08. The van der Waals surface area contributed by atoms with Crippen molar-refractivity contribution in [1.82, 2.24) is 0 Å². The van der Waals surface area contributed by atoms with Gasteiger partial charge in [-0.25, -0.2) is 0 Å². The van der Waals surface area contributed by atoms with Gasteiger partial charge in [0.1, 0.15) is 0 Å². The summed E-state index contributed by atoms with van der Waals surface area (Å²) in [6.07, 6.45) is -1.23. The van der Waals surface area contributed by atoms with Crippen LogP contribution in [0.15, 0.2) is 30.3 Å². The quantitative estimate of drug-likeness (QED) is 0.885. The van der Waals surface area contributed by atoms with Crippen LogP contribution in [0.1, 0.15) is 31.2 Å². The molecule has 1 saturated carbocycles. The minimum atomic E-state index is -4.11. The van der Waals surface area contributed by atoms with Gasteiger partial charge in [-0.15, -0.1) is 0 Å². The second-order valence-corrected chi connectivity index (χ2v) is 5.45. The van der Waals surface area contributed by atoms with E-state index in [2.05, 4.69) is 0 Å². The highest BCUT2D eigenvalue weighted by Crippen LogP contribution is 2.42. The van der Waals surface area contributed by atoms with Gasteiger partial charge in [-0.1, -0.05) is 43.2 Å². The van der Waals surface area contributed by atoms with Crippen molar-refractivity contribution in [2.24, 2.45) is 17.6 Å². The topological polar surface area (TPSA) is 26.0 Å². The largest absolute Gasteiger partial charge is 0.392 e. The molecule has 0 saturated heterocycles. The average Bonchev–Trinajstić information content (AvgIpc) is 2.39. The summed E-state index contributed by atoms with van der Waals surface area (Å²) >= 11 is 0. The summed E-state index contributed by atoms with van der Waals surface area (Å²) in [5, 5.41) is 0. The summed E-state index contributed by atoms with van der Waals surface area (Å²) in [5.74, 6) is -1.66. The van der Waals surface area contributed by atoms with Crippen LogP contribution in [0.3, 0.4) is 0 Å². The first-order valence-corrected chi connectivity index (χ1v) is 6.84. The maximum absolute atomic E-state index is 13.0. The highest BCUT2D eigenvalue weighted by molar-refractivity contribution is 5.16. The molecule has 1 aromatic carbocycles. The Kier molecular flexibility index (Phi) is 4.50. The fraction of sp³-hybridized carbons (Fsp3) is 0.600. The molecular weight excluding hydrogens is 251 g/mol. The summed E-state index contributed by atoms with van der Waals surface area (Å²) in [6.45, 7) is 0. The van der Waals surface area contributed by atoms with Crippen molar-refractivity contribution in [3.8, 4) is 0 Å². The van der Waals surface area contributed by atoms with Crippen LogP contribution in [0.4, 0.5) is 13.2 Å². The molecule has 1 nitrogen and oxygen atoms in total. The van der Waals surface area contributed by atoms with Crippen molar-refractivity contribution in [3.05, 3.63) is 35.9 Å². The lowest BCUT2D eigenvalue weighted by molar-refractivity contribution is -0.198. The van der Waals surface area contributed by atoms with Crippen LogP contribution in [-0.4, -0.2) is 12.2 Å². The molecule has 0 spiro atoms. The van der Waals surface area contributed by atoms with Crippen molar-refractivity contribution >= 4 is 0 Å². The average molecular weight is 271 g/mol. The van der Waals surface area contributed by atoms with E-state index in [0.717, 1.165) is 12.0 Å². The first-order valence-electron chi connectivity index (χ1n) is 6.84. The summed E-state index contributed by atoms with van der Waals surface area (Å²) in [4.78, 5) is 0. The molecule has 3 atom stereocenters. The highest BCUT2D eigenvalue weighted by atomic mass is 19.4. The Bertz CT molecular complexity index is 388. The van der Waals surface area contributed by atoms with Gasteiger partial charge in [0.15, 0.2) is 0 Å². The van der Waals surface area contributed by atoms with E-state index >= 15 is 0 Å². The van der Waals surface area contributed by atoms with Gasteiger partial charge >= 0.3 is 6.18 Å². The fourth-order valence-electron chi connectivity index (χ4n) is 3.12. The molecule has 4 heteroatoms. The standard InChI is InChI=1S/C15H20F3N/c16-15(17,18)13-9-5-4-8-12(13)14(19)10-11-6-2-1-3-7-11/h1-3,6-7,12-14H,4-5,8-10,19H2. The highest BCUT2D eigenvalue weighted by Gasteiger charge is 2.46. The molecule has 1 fully saturated rings. The predicted molar refractivity (Wildman–Crippen MR) is 69.6 cm³/mol. The molecule has 3 unspecified atom stereocenters. The summed E-state index contributed by atoms with van der Waals surface area (Å²) < 4.78 is 39.1. The number of halogens is 3. The third kappa shape index (κ3) is 3.72. The van der Waals surface area contributed by atoms with E-state index in [1.165, 1.54) is 0 Å². The maximum Gasteiger partial charge on any atom is 0.392 e. The van der Waals surface area contributed by atoms with E-state index in [-0.39, 0.29) is 6.42 Å². The summed E-state index contributed by atoms with van der Waals surface area (Å²) in [6, 6.07) is 9.12. The Morgan fingerprint density at radius 2 is 1.74 bits per heavy atom. The zero-order valence-corrected chi connectivity index (χ0v) is 10.9. The number of rotatable bonds is 3. The molecule has 0 bridgehead atoms. The molecule has 0 amide bonds. The van der Waals surface area contributed by atoms with Crippen LogP contribution >= 0.6 is 0 Å². The lowest BCUT2D eigenvalue weighted by Gasteiger charge is -2.36. The van der Waals surface area contributed by atoms with Crippen molar-refractivity contribution in [1.29, 1.82) is 0 Å². The zero-order valence-electron chi connectivity index (χ0n) is 10.9. The first kappa shape index (κ1) is 14.4. The Morgan fingerprint density at radius 3 is 2.37 bits per heavy atom. The fourth-order valence-corrected chi connectivity index (χ4v) is 3.12. The van der Waals surface area contributed by atoms with Crippen LogP contribution < -0.4 is 5.73 Å². The third-order valence-corrected chi connectivity index (χ3v) is 4.10. The molecule has 0 aromatic heterocycles. The summed E-state index contributed by atoms with van der Waals surface area (Å²) in [7, 11) is 0. The molecular formula is C15H20F3N. The van der Waals surface area contributed by atoms with Gasteiger partial charge in [-0.3, -0.25) is 0 Å².